The van der Waals surface area contributed by atoms with Crippen LogP contribution in [0.15, 0.2) is 30.6 Å². The number of carbonyl (C=O) groups excluding carboxylic acids is 1. The first-order valence-corrected chi connectivity index (χ1v) is 6.96. The molecule has 2 N–H and O–H groups in total. The number of benzene rings is 1. The summed E-state index contributed by atoms with van der Waals surface area (Å²) in [7, 11) is 0. The second-order valence-corrected chi connectivity index (χ2v) is 5.08. The number of amides is 1. The minimum Gasteiger partial charge on any atom is -0.354 e. The predicted octanol–water partition coefficient (Wildman–Crippen LogP) is 0.968. The number of piperidine rings is 1. The lowest BCUT2D eigenvalue weighted by molar-refractivity contribution is -0.123. The number of anilines is 1. The van der Waals surface area contributed by atoms with Gasteiger partial charge in [0.1, 0.15) is 12.4 Å². The van der Waals surface area contributed by atoms with Crippen molar-refractivity contribution >= 4 is 28.4 Å². The van der Waals surface area contributed by atoms with Gasteiger partial charge in [-0.25, -0.2) is 9.97 Å². The first-order chi connectivity index (χ1) is 10.3. The monoisotopic (exact) mass is 282 g/mol. The molecular formula is C14H14N6O. The van der Waals surface area contributed by atoms with Gasteiger partial charge in [0.2, 0.25) is 11.9 Å². The topological polar surface area (TPSA) is 84.2 Å². The van der Waals surface area contributed by atoms with Crippen molar-refractivity contribution in [3.8, 4) is 0 Å². The molecule has 7 heteroatoms. The number of rotatable bonds is 2. The zero-order valence-electron chi connectivity index (χ0n) is 11.3. The van der Waals surface area contributed by atoms with Gasteiger partial charge in [-0.05, 0) is 25.0 Å². The van der Waals surface area contributed by atoms with Crippen LogP contribution in [-0.2, 0) is 4.79 Å². The van der Waals surface area contributed by atoms with Crippen LogP contribution in [-0.4, -0.2) is 38.1 Å². The Bertz CT molecular complexity index is 827. The number of hydrogen-bond donors (Lipinski definition) is 2. The fourth-order valence-electron chi connectivity index (χ4n) is 2.66. The van der Waals surface area contributed by atoms with E-state index in [1.54, 1.807) is 4.52 Å². The van der Waals surface area contributed by atoms with Gasteiger partial charge in [-0.2, -0.15) is 9.61 Å². The summed E-state index contributed by atoms with van der Waals surface area (Å²) in [6.45, 7) is 0.737. The molecule has 0 unspecified atom stereocenters. The highest BCUT2D eigenvalue weighted by atomic mass is 16.2. The largest absolute Gasteiger partial charge is 0.354 e. The van der Waals surface area contributed by atoms with E-state index in [4.69, 9.17) is 0 Å². The minimum atomic E-state index is -0.278. The maximum Gasteiger partial charge on any atom is 0.242 e. The molecule has 0 radical (unpaired) electrons. The zero-order valence-corrected chi connectivity index (χ0v) is 11.3. The van der Waals surface area contributed by atoms with Gasteiger partial charge >= 0.3 is 0 Å². The third-order valence-electron chi connectivity index (χ3n) is 3.71. The summed E-state index contributed by atoms with van der Waals surface area (Å²) >= 11 is 0. The summed E-state index contributed by atoms with van der Waals surface area (Å²) in [5.41, 5.74) is 1.57. The second kappa shape index (κ2) is 4.69. The Kier molecular flexibility index (Phi) is 2.70. The maximum absolute atomic E-state index is 11.9. The molecule has 0 bridgehead atoms. The Hall–Kier alpha value is -2.70. The quantitative estimate of drug-likeness (QED) is 0.731. The van der Waals surface area contributed by atoms with E-state index in [0.717, 1.165) is 35.9 Å². The fraction of sp³-hybridized carbons (Fsp3) is 0.286. The number of aromatic nitrogens is 4. The molecule has 1 atom stereocenters. The first-order valence-electron chi connectivity index (χ1n) is 6.96. The van der Waals surface area contributed by atoms with Crippen LogP contribution in [0.25, 0.3) is 16.6 Å². The summed E-state index contributed by atoms with van der Waals surface area (Å²) in [6, 6.07) is 7.49. The number of para-hydroxylation sites is 1. The van der Waals surface area contributed by atoms with Crippen LogP contribution in [0, 0.1) is 0 Å². The van der Waals surface area contributed by atoms with E-state index in [0.29, 0.717) is 5.95 Å². The molecule has 1 aromatic carbocycles. The van der Waals surface area contributed by atoms with Crippen LogP contribution in [0.1, 0.15) is 12.8 Å². The summed E-state index contributed by atoms with van der Waals surface area (Å²) in [5, 5.41) is 11.2. The lowest BCUT2D eigenvalue weighted by atomic mass is 10.1. The van der Waals surface area contributed by atoms with Crippen molar-refractivity contribution in [3.63, 3.8) is 0 Å². The van der Waals surface area contributed by atoms with Gasteiger partial charge in [-0.1, -0.05) is 12.1 Å². The molecule has 1 amide bonds. The third-order valence-corrected chi connectivity index (χ3v) is 3.71. The van der Waals surface area contributed by atoms with E-state index in [1.165, 1.54) is 6.33 Å². The van der Waals surface area contributed by atoms with Crippen LogP contribution in [0.4, 0.5) is 5.95 Å². The molecule has 1 saturated heterocycles. The molecule has 0 spiro atoms. The van der Waals surface area contributed by atoms with Crippen LogP contribution < -0.4 is 10.6 Å². The van der Waals surface area contributed by atoms with Gasteiger partial charge in [0, 0.05) is 11.9 Å². The Morgan fingerprint density at radius 3 is 3.14 bits per heavy atom. The average molecular weight is 282 g/mol. The van der Waals surface area contributed by atoms with E-state index in [1.807, 2.05) is 24.3 Å². The maximum atomic E-state index is 11.9. The molecule has 2 aromatic heterocycles. The highest BCUT2D eigenvalue weighted by molar-refractivity contribution is 5.92. The van der Waals surface area contributed by atoms with E-state index in [2.05, 4.69) is 25.7 Å². The van der Waals surface area contributed by atoms with Gasteiger partial charge in [0.15, 0.2) is 5.65 Å². The van der Waals surface area contributed by atoms with Gasteiger partial charge in [0.05, 0.1) is 5.52 Å². The van der Waals surface area contributed by atoms with E-state index >= 15 is 0 Å². The summed E-state index contributed by atoms with van der Waals surface area (Å²) in [4.78, 5) is 20.8. The van der Waals surface area contributed by atoms with Crippen molar-refractivity contribution < 1.29 is 4.79 Å². The molecule has 1 fully saturated rings. The predicted molar refractivity (Wildman–Crippen MR) is 77.9 cm³/mol. The highest BCUT2D eigenvalue weighted by Crippen LogP contribution is 2.20. The standard InChI is InChI=1S/C14H14N6O/c21-13-11(6-3-7-15-13)19-14-18-10-5-2-1-4-9(10)12-16-8-17-20(12)14/h1-2,4-5,8,11H,3,6-7H2,(H,15,21)(H,18,19)/t11-/m1/s1. The zero-order chi connectivity index (χ0) is 14.2. The fourth-order valence-corrected chi connectivity index (χ4v) is 2.66. The van der Waals surface area contributed by atoms with E-state index in [-0.39, 0.29) is 11.9 Å². The molecular weight excluding hydrogens is 268 g/mol. The number of nitrogens with zero attached hydrogens (tertiary/aromatic N) is 4. The van der Waals surface area contributed by atoms with Crippen molar-refractivity contribution in [1.29, 1.82) is 0 Å². The molecule has 3 heterocycles. The third kappa shape index (κ3) is 1.97. The van der Waals surface area contributed by atoms with Gasteiger partial charge in [0.25, 0.3) is 0 Å². The molecule has 1 aliphatic rings. The lowest BCUT2D eigenvalue weighted by Gasteiger charge is -2.23. The molecule has 21 heavy (non-hydrogen) atoms. The van der Waals surface area contributed by atoms with Crippen molar-refractivity contribution in [1.82, 2.24) is 24.9 Å². The van der Waals surface area contributed by atoms with Crippen molar-refractivity contribution in [2.75, 3.05) is 11.9 Å². The minimum absolute atomic E-state index is 0.00414. The molecule has 3 aromatic rings. The SMILES string of the molecule is O=C1NCCC[C@H]1Nc1nc2ccccc2c2ncnn12. The van der Waals surface area contributed by atoms with Gasteiger partial charge in [-0.3, -0.25) is 4.79 Å². The Labute approximate surface area is 120 Å². The van der Waals surface area contributed by atoms with Crippen LogP contribution in [0.2, 0.25) is 0 Å². The van der Waals surface area contributed by atoms with Crippen molar-refractivity contribution in [3.05, 3.63) is 30.6 Å². The molecule has 1 aliphatic heterocycles. The van der Waals surface area contributed by atoms with Crippen LogP contribution in [0.5, 0.6) is 0 Å². The molecule has 0 aliphatic carbocycles. The molecule has 4 rings (SSSR count). The lowest BCUT2D eigenvalue weighted by Crippen LogP contribution is -2.44. The van der Waals surface area contributed by atoms with Gasteiger partial charge < -0.3 is 10.6 Å². The van der Waals surface area contributed by atoms with Gasteiger partial charge in [-0.15, -0.1) is 0 Å². The number of fused-ring (bicyclic) bond motifs is 3. The number of hydrogen-bond acceptors (Lipinski definition) is 5. The highest BCUT2D eigenvalue weighted by Gasteiger charge is 2.23. The van der Waals surface area contributed by atoms with Crippen LogP contribution >= 0.6 is 0 Å². The number of carbonyl (C=O) groups is 1. The first kappa shape index (κ1) is 12.1. The summed E-state index contributed by atoms with van der Waals surface area (Å²) in [5.74, 6) is 0.549. The Morgan fingerprint density at radius 1 is 1.33 bits per heavy atom. The second-order valence-electron chi connectivity index (χ2n) is 5.08. The Morgan fingerprint density at radius 2 is 2.24 bits per heavy atom. The summed E-state index contributed by atoms with van der Waals surface area (Å²) < 4.78 is 1.64. The smallest absolute Gasteiger partial charge is 0.242 e. The molecule has 7 nitrogen and oxygen atoms in total. The van der Waals surface area contributed by atoms with E-state index < -0.39 is 0 Å². The van der Waals surface area contributed by atoms with E-state index in [9.17, 15) is 4.79 Å². The molecule has 106 valence electrons. The number of nitrogens with one attached hydrogen (secondary N) is 2. The van der Waals surface area contributed by atoms with Crippen molar-refractivity contribution in [2.45, 2.75) is 18.9 Å². The normalized spacial score (nSPS) is 18.9. The Balaban J connectivity index is 1.82. The average Bonchev–Trinajstić information content (AvgIpc) is 3.00. The molecule has 0 saturated carbocycles. The van der Waals surface area contributed by atoms with Crippen molar-refractivity contribution in [2.24, 2.45) is 0 Å². The summed E-state index contributed by atoms with van der Waals surface area (Å²) in [6.07, 6.45) is 3.24. The van der Waals surface area contributed by atoms with Crippen LogP contribution in [0.3, 0.4) is 0 Å².